The molecule has 33 heavy (non-hydrogen) atoms. The highest BCUT2D eigenvalue weighted by atomic mass is 16.7. The molecule has 11 atom stereocenters. The van der Waals surface area contributed by atoms with Crippen LogP contribution in [0.25, 0.3) is 0 Å². The molecular weight excluding hydrogens is 444 g/mol. The van der Waals surface area contributed by atoms with Crippen LogP contribution < -0.4 is 0 Å². The number of hydrogen-bond acceptors (Lipinski definition) is 12. The smallest absolute Gasteiger partial charge is 0.313 e. The van der Waals surface area contributed by atoms with Gasteiger partial charge in [0.1, 0.15) is 42.7 Å². The van der Waals surface area contributed by atoms with Crippen molar-refractivity contribution in [2.24, 2.45) is 0 Å². The molecule has 2 fully saturated rings. The zero-order valence-corrected chi connectivity index (χ0v) is 17.8. The minimum Gasteiger partial charge on any atom is -0.454 e. The highest BCUT2D eigenvalue weighted by molar-refractivity contribution is 5.77. The van der Waals surface area contributed by atoms with E-state index in [4.69, 9.17) is 18.9 Å². The lowest BCUT2D eigenvalue weighted by atomic mass is 9.97. The first-order valence-corrected chi connectivity index (χ1v) is 10.5. The highest BCUT2D eigenvalue weighted by Gasteiger charge is 2.48. The van der Waals surface area contributed by atoms with Gasteiger partial charge in [-0.3, -0.25) is 4.79 Å². The van der Waals surface area contributed by atoms with Crippen molar-refractivity contribution in [2.75, 3.05) is 13.2 Å². The topological polar surface area (TPSA) is 196 Å². The molecule has 0 amide bonds. The number of ether oxygens (including phenoxy) is 4. The number of esters is 1. The minimum atomic E-state index is -1.79. The van der Waals surface area contributed by atoms with Crippen molar-refractivity contribution >= 4 is 5.97 Å². The summed E-state index contributed by atoms with van der Waals surface area (Å²) in [6.07, 6.45) is -15.6. The van der Waals surface area contributed by atoms with Crippen LogP contribution in [0.4, 0.5) is 0 Å². The molecule has 0 spiro atoms. The molecule has 0 saturated carbocycles. The molecule has 12 nitrogen and oxygen atoms in total. The summed E-state index contributed by atoms with van der Waals surface area (Å²) in [5.41, 5.74) is 0.662. The highest BCUT2D eigenvalue weighted by Crippen LogP contribution is 2.27. The second-order valence-corrected chi connectivity index (χ2v) is 8.11. The van der Waals surface area contributed by atoms with Crippen molar-refractivity contribution in [1.82, 2.24) is 0 Å². The molecule has 0 aromatic heterocycles. The molecule has 2 heterocycles. The van der Waals surface area contributed by atoms with E-state index in [0.29, 0.717) is 5.56 Å². The Bertz CT molecular complexity index is 761. The molecule has 0 radical (unpaired) electrons. The van der Waals surface area contributed by atoms with Gasteiger partial charge in [-0.1, -0.05) is 30.3 Å². The molecule has 0 aliphatic carbocycles. The third-order valence-corrected chi connectivity index (χ3v) is 5.84. The normalized spacial score (nSPS) is 40.2. The summed E-state index contributed by atoms with van der Waals surface area (Å²) in [6, 6.07) is 8.72. The average molecular weight is 474 g/mol. The first-order valence-electron chi connectivity index (χ1n) is 10.5. The van der Waals surface area contributed by atoms with Gasteiger partial charge in [-0.2, -0.15) is 0 Å². The maximum Gasteiger partial charge on any atom is 0.313 e. The number of carbonyl (C=O) groups excluding carboxylic acids is 1. The van der Waals surface area contributed by atoms with E-state index in [-0.39, 0.29) is 0 Å². The van der Waals surface area contributed by atoms with Crippen molar-refractivity contribution in [2.45, 2.75) is 74.3 Å². The van der Waals surface area contributed by atoms with Gasteiger partial charge in [0.25, 0.3) is 0 Å². The van der Waals surface area contributed by atoms with Crippen molar-refractivity contribution in [3.05, 3.63) is 35.9 Å². The van der Waals surface area contributed by atoms with Crippen LogP contribution in [0.3, 0.4) is 0 Å². The van der Waals surface area contributed by atoms with Crippen molar-refractivity contribution in [3.63, 3.8) is 0 Å². The fourth-order valence-corrected chi connectivity index (χ4v) is 3.69. The minimum absolute atomic E-state index is 0.515. The number of benzene rings is 1. The van der Waals surface area contributed by atoms with E-state index in [1.165, 1.54) is 0 Å². The largest absolute Gasteiger partial charge is 0.454 e. The SMILES string of the molecule is C[C@H](C(=O)O[C@@H]1[C@@H](O)[C@H](O)[C@@H](CO[C@@H]2O[C@H](CO)[C@@H](O)[C@H](O)[C@H]2O)O[C@H]1O)c1ccccc1. The number of aliphatic hydroxyl groups is 7. The van der Waals surface area contributed by atoms with Crippen molar-refractivity contribution in [1.29, 1.82) is 0 Å². The monoisotopic (exact) mass is 474 g/mol. The van der Waals surface area contributed by atoms with E-state index in [1.807, 2.05) is 0 Å². The Morgan fingerprint density at radius 2 is 1.55 bits per heavy atom. The number of hydrogen-bond donors (Lipinski definition) is 7. The third kappa shape index (κ3) is 5.69. The van der Waals surface area contributed by atoms with Gasteiger partial charge in [0, 0.05) is 0 Å². The van der Waals surface area contributed by atoms with Crippen LogP contribution in [0, 0.1) is 0 Å². The average Bonchev–Trinajstić information content (AvgIpc) is 2.82. The van der Waals surface area contributed by atoms with Gasteiger partial charge in [-0.05, 0) is 12.5 Å². The summed E-state index contributed by atoms with van der Waals surface area (Å²) in [6.45, 7) is 0.423. The summed E-state index contributed by atoms with van der Waals surface area (Å²) in [5.74, 6) is -1.44. The molecular formula is C21H30O12. The molecule has 186 valence electrons. The maximum absolute atomic E-state index is 12.5. The predicted octanol–water partition coefficient (Wildman–Crippen LogP) is -3.04. The molecule has 0 unspecified atom stereocenters. The van der Waals surface area contributed by atoms with E-state index in [0.717, 1.165) is 0 Å². The molecule has 2 saturated heterocycles. The van der Waals surface area contributed by atoms with Gasteiger partial charge in [0.2, 0.25) is 0 Å². The predicted molar refractivity (Wildman–Crippen MR) is 107 cm³/mol. The van der Waals surface area contributed by atoms with E-state index in [2.05, 4.69) is 0 Å². The Kier molecular flexibility index (Phi) is 8.75. The van der Waals surface area contributed by atoms with Crippen molar-refractivity contribution in [3.8, 4) is 0 Å². The summed E-state index contributed by atoms with van der Waals surface area (Å²) >= 11 is 0. The molecule has 1 aromatic rings. The van der Waals surface area contributed by atoms with Gasteiger partial charge < -0.3 is 54.7 Å². The Hall–Kier alpha value is -1.71. The van der Waals surface area contributed by atoms with Crippen LogP contribution in [-0.4, -0.2) is 116 Å². The maximum atomic E-state index is 12.5. The molecule has 3 rings (SSSR count). The molecule has 1 aromatic carbocycles. The summed E-state index contributed by atoms with van der Waals surface area (Å²) in [4.78, 5) is 12.5. The Morgan fingerprint density at radius 1 is 0.909 bits per heavy atom. The Balaban J connectivity index is 1.57. The lowest BCUT2D eigenvalue weighted by Crippen LogP contribution is -2.62. The number of aliphatic hydroxyl groups excluding tert-OH is 7. The van der Waals surface area contributed by atoms with E-state index >= 15 is 0 Å². The van der Waals surface area contributed by atoms with Crippen molar-refractivity contribution < 1.29 is 59.5 Å². The molecule has 0 bridgehead atoms. The van der Waals surface area contributed by atoms with Crippen LogP contribution in [0.2, 0.25) is 0 Å². The second-order valence-electron chi connectivity index (χ2n) is 8.11. The molecule has 2 aliphatic rings. The van der Waals surface area contributed by atoms with Gasteiger partial charge in [0.05, 0.1) is 19.1 Å². The van der Waals surface area contributed by atoms with E-state index in [1.54, 1.807) is 37.3 Å². The van der Waals surface area contributed by atoms with Crippen LogP contribution >= 0.6 is 0 Å². The Morgan fingerprint density at radius 3 is 2.18 bits per heavy atom. The zero-order valence-electron chi connectivity index (χ0n) is 17.8. The third-order valence-electron chi connectivity index (χ3n) is 5.84. The van der Waals surface area contributed by atoms with Crippen LogP contribution in [0.1, 0.15) is 18.4 Å². The first-order chi connectivity index (χ1) is 15.6. The van der Waals surface area contributed by atoms with Gasteiger partial charge >= 0.3 is 5.97 Å². The number of carbonyl (C=O) groups is 1. The van der Waals surface area contributed by atoms with Gasteiger partial charge in [0.15, 0.2) is 18.7 Å². The first kappa shape index (κ1) is 25.9. The fourth-order valence-electron chi connectivity index (χ4n) is 3.69. The van der Waals surface area contributed by atoms with Gasteiger partial charge in [-0.15, -0.1) is 0 Å². The van der Waals surface area contributed by atoms with Crippen LogP contribution in [0.5, 0.6) is 0 Å². The van der Waals surface area contributed by atoms with Crippen LogP contribution in [0.15, 0.2) is 30.3 Å². The lowest BCUT2D eigenvalue weighted by molar-refractivity contribution is -0.326. The van der Waals surface area contributed by atoms with Gasteiger partial charge in [-0.25, -0.2) is 0 Å². The summed E-state index contributed by atoms with van der Waals surface area (Å²) in [7, 11) is 0. The standard InChI is InChI=1S/C21H30O12/c1-9(10-5-3-2-4-6-10)19(28)33-18-16(26)14(24)12(31-20(18)29)8-30-21-17(27)15(25)13(23)11(7-22)32-21/h2-6,9,11-18,20-27,29H,7-8H2,1H3/t9-,11+,12+,13+,14+,15-,16-,17+,18+,20+,21+/m0/s1. The van der Waals surface area contributed by atoms with E-state index in [9.17, 15) is 40.5 Å². The number of rotatable bonds is 7. The summed E-state index contributed by atoms with van der Waals surface area (Å²) < 4.78 is 20.9. The molecule has 12 heteroatoms. The summed E-state index contributed by atoms with van der Waals surface area (Å²) in [5, 5.41) is 69.9. The Labute approximate surface area is 189 Å². The van der Waals surface area contributed by atoms with E-state index < -0.39 is 86.5 Å². The molecule has 7 N–H and O–H groups in total. The second kappa shape index (κ2) is 11.1. The lowest BCUT2D eigenvalue weighted by Gasteiger charge is -2.42. The zero-order chi connectivity index (χ0) is 24.3. The fraction of sp³-hybridized carbons (Fsp3) is 0.667. The molecule has 2 aliphatic heterocycles. The quantitative estimate of drug-likeness (QED) is 0.198. The van der Waals surface area contributed by atoms with Crippen LogP contribution in [-0.2, 0) is 23.7 Å².